The third-order valence-electron chi connectivity index (χ3n) is 3.62. The van der Waals surface area contributed by atoms with Crippen LogP contribution in [0, 0.1) is 0 Å². The Kier molecular flexibility index (Phi) is 5.57. The largest absolute Gasteiger partial charge is 0.507 e. The Bertz CT molecular complexity index is 813. The van der Waals surface area contributed by atoms with Crippen LogP contribution in [0.5, 0.6) is 5.75 Å². The normalized spacial score (nSPS) is 12.1. The predicted molar refractivity (Wildman–Crippen MR) is 83.7 cm³/mol. The standard InChI is InChI=1S/C17H13F6NO3/c18-16(19,20)10-5-9(6-11(7-10)17(21,22)23)3-4-24-12-1-2-14(25)13(8-12)15(26)27/h1-2,5-8,24-25H,3-4H2,(H,26,27). The van der Waals surface area contributed by atoms with E-state index in [1.165, 1.54) is 6.07 Å². The van der Waals surface area contributed by atoms with Crippen LogP contribution in [0.25, 0.3) is 0 Å². The first-order chi connectivity index (χ1) is 12.4. The Morgan fingerprint density at radius 2 is 1.48 bits per heavy atom. The van der Waals surface area contributed by atoms with Gasteiger partial charge in [0.05, 0.1) is 11.1 Å². The van der Waals surface area contributed by atoms with Crippen molar-refractivity contribution in [3.8, 4) is 5.75 Å². The maximum absolute atomic E-state index is 12.8. The van der Waals surface area contributed by atoms with Crippen molar-refractivity contribution >= 4 is 11.7 Å². The van der Waals surface area contributed by atoms with Gasteiger partial charge in [-0.15, -0.1) is 0 Å². The lowest BCUT2D eigenvalue weighted by Crippen LogP contribution is -2.13. The molecule has 0 saturated carbocycles. The molecule has 0 bridgehead atoms. The molecule has 0 heterocycles. The number of rotatable bonds is 5. The molecule has 0 amide bonds. The smallest absolute Gasteiger partial charge is 0.416 e. The van der Waals surface area contributed by atoms with Gasteiger partial charge in [0.2, 0.25) is 0 Å². The van der Waals surface area contributed by atoms with E-state index in [4.69, 9.17) is 5.11 Å². The predicted octanol–water partition coefficient (Wildman–Crippen LogP) is 4.78. The summed E-state index contributed by atoms with van der Waals surface area (Å²) >= 11 is 0. The number of carbonyl (C=O) groups is 1. The summed E-state index contributed by atoms with van der Waals surface area (Å²) in [5, 5.41) is 21.0. The van der Waals surface area contributed by atoms with Crippen molar-refractivity contribution in [1.82, 2.24) is 0 Å². The fourth-order valence-electron chi connectivity index (χ4n) is 2.33. The Hall–Kier alpha value is -2.91. The van der Waals surface area contributed by atoms with E-state index in [2.05, 4.69) is 5.32 Å². The number of hydrogen-bond acceptors (Lipinski definition) is 3. The molecular weight excluding hydrogens is 380 g/mol. The zero-order valence-electron chi connectivity index (χ0n) is 13.4. The lowest BCUT2D eigenvalue weighted by molar-refractivity contribution is -0.143. The Morgan fingerprint density at radius 3 is 1.96 bits per heavy atom. The second-order valence-electron chi connectivity index (χ2n) is 5.63. The molecule has 0 fully saturated rings. The molecule has 10 heteroatoms. The average Bonchev–Trinajstić information content (AvgIpc) is 2.54. The number of aromatic carboxylic acids is 1. The highest BCUT2D eigenvalue weighted by Crippen LogP contribution is 2.36. The van der Waals surface area contributed by atoms with Crippen LogP contribution in [0.15, 0.2) is 36.4 Å². The molecule has 0 atom stereocenters. The van der Waals surface area contributed by atoms with Gasteiger partial charge in [-0.3, -0.25) is 0 Å². The van der Waals surface area contributed by atoms with Crippen LogP contribution < -0.4 is 5.32 Å². The van der Waals surface area contributed by atoms with E-state index in [0.717, 1.165) is 12.1 Å². The van der Waals surface area contributed by atoms with Crippen molar-refractivity contribution < 1.29 is 41.4 Å². The van der Waals surface area contributed by atoms with E-state index in [1.54, 1.807) is 0 Å². The molecule has 0 unspecified atom stereocenters. The molecule has 2 aromatic carbocycles. The summed E-state index contributed by atoms with van der Waals surface area (Å²) in [5.41, 5.74) is -3.12. The van der Waals surface area contributed by atoms with Crippen molar-refractivity contribution in [1.29, 1.82) is 0 Å². The van der Waals surface area contributed by atoms with Crippen molar-refractivity contribution in [3.63, 3.8) is 0 Å². The Morgan fingerprint density at radius 1 is 0.926 bits per heavy atom. The van der Waals surface area contributed by atoms with Crippen LogP contribution >= 0.6 is 0 Å². The lowest BCUT2D eigenvalue weighted by atomic mass is 10.0. The van der Waals surface area contributed by atoms with Crippen LogP contribution in [-0.2, 0) is 18.8 Å². The van der Waals surface area contributed by atoms with Gasteiger partial charge in [-0.2, -0.15) is 26.3 Å². The molecule has 2 rings (SSSR count). The van der Waals surface area contributed by atoms with E-state index in [0.29, 0.717) is 12.1 Å². The van der Waals surface area contributed by atoms with Gasteiger partial charge < -0.3 is 15.5 Å². The summed E-state index contributed by atoms with van der Waals surface area (Å²) in [5.74, 6) is -1.86. The van der Waals surface area contributed by atoms with E-state index < -0.39 is 40.8 Å². The van der Waals surface area contributed by atoms with Crippen molar-refractivity contribution in [3.05, 3.63) is 58.7 Å². The summed E-state index contributed by atoms with van der Waals surface area (Å²) in [6.45, 7) is -0.0531. The molecule has 2 aromatic rings. The molecule has 0 spiro atoms. The van der Waals surface area contributed by atoms with E-state index >= 15 is 0 Å². The van der Waals surface area contributed by atoms with Crippen molar-refractivity contribution in [2.75, 3.05) is 11.9 Å². The molecule has 27 heavy (non-hydrogen) atoms. The average molecular weight is 393 g/mol. The summed E-state index contributed by atoms with van der Waals surface area (Å²) in [6, 6.07) is 4.86. The molecule has 0 aliphatic carbocycles. The van der Waals surface area contributed by atoms with E-state index in [-0.39, 0.29) is 30.3 Å². The molecule has 0 aromatic heterocycles. The van der Waals surface area contributed by atoms with Gasteiger partial charge in [-0.05, 0) is 48.4 Å². The van der Waals surface area contributed by atoms with Gasteiger partial charge in [0.25, 0.3) is 0 Å². The number of benzene rings is 2. The summed E-state index contributed by atoms with van der Waals surface area (Å²) in [7, 11) is 0. The molecule has 0 radical (unpaired) electrons. The Balaban J connectivity index is 2.18. The number of nitrogens with one attached hydrogen (secondary N) is 1. The lowest BCUT2D eigenvalue weighted by Gasteiger charge is -2.15. The van der Waals surface area contributed by atoms with Crippen LogP contribution in [0.2, 0.25) is 0 Å². The first kappa shape index (κ1) is 20.4. The number of hydrogen-bond donors (Lipinski definition) is 3. The number of alkyl halides is 6. The van der Waals surface area contributed by atoms with E-state index in [9.17, 15) is 36.2 Å². The number of halogens is 6. The molecule has 4 nitrogen and oxygen atoms in total. The molecule has 3 N–H and O–H groups in total. The van der Waals surface area contributed by atoms with Crippen LogP contribution in [0.3, 0.4) is 0 Å². The molecular formula is C17H13F6NO3. The maximum atomic E-state index is 12.8. The monoisotopic (exact) mass is 393 g/mol. The van der Waals surface area contributed by atoms with Crippen molar-refractivity contribution in [2.45, 2.75) is 18.8 Å². The zero-order chi connectivity index (χ0) is 20.4. The summed E-state index contributed by atoms with van der Waals surface area (Å²) < 4.78 is 76.9. The Labute approximate surface area is 149 Å². The summed E-state index contributed by atoms with van der Waals surface area (Å²) in [6.07, 6.45) is -10.0. The number of anilines is 1. The van der Waals surface area contributed by atoms with Gasteiger partial charge in [-0.1, -0.05) is 0 Å². The molecule has 146 valence electrons. The van der Waals surface area contributed by atoms with Gasteiger partial charge in [0.15, 0.2) is 0 Å². The highest BCUT2D eigenvalue weighted by Gasteiger charge is 2.36. The molecule has 0 aliphatic rings. The zero-order valence-corrected chi connectivity index (χ0v) is 13.4. The van der Waals surface area contributed by atoms with Gasteiger partial charge in [0.1, 0.15) is 11.3 Å². The second-order valence-corrected chi connectivity index (χ2v) is 5.63. The van der Waals surface area contributed by atoms with Gasteiger partial charge in [-0.25, -0.2) is 4.79 Å². The number of carboxylic acids is 1. The minimum absolute atomic E-state index is 0.0516. The fraction of sp³-hybridized carbons (Fsp3) is 0.235. The van der Waals surface area contributed by atoms with Crippen LogP contribution in [0.1, 0.15) is 27.0 Å². The number of aromatic hydroxyl groups is 1. The summed E-state index contributed by atoms with van der Waals surface area (Å²) in [4.78, 5) is 10.9. The minimum atomic E-state index is -4.92. The molecule has 0 saturated heterocycles. The minimum Gasteiger partial charge on any atom is -0.507 e. The van der Waals surface area contributed by atoms with Gasteiger partial charge >= 0.3 is 18.3 Å². The first-order valence-electron chi connectivity index (χ1n) is 7.46. The fourth-order valence-corrected chi connectivity index (χ4v) is 2.33. The maximum Gasteiger partial charge on any atom is 0.416 e. The van der Waals surface area contributed by atoms with Gasteiger partial charge in [0, 0.05) is 12.2 Å². The third-order valence-corrected chi connectivity index (χ3v) is 3.62. The quantitative estimate of drug-likeness (QED) is 0.505. The van der Waals surface area contributed by atoms with E-state index in [1.807, 2.05) is 0 Å². The van der Waals surface area contributed by atoms with Crippen LogP contribution in [-0.4, -0.2) is 22.7 Å². The topological polar surface area (TPSA) is 69.6 Å². The highest BCUT2D eigenvalue weighted by atomic mass is 19.4. The highest BCUT2D eigenvalue weighted by molar-refractivity contribution is 5.92. The molecule has 0 aliphatic heterocycles. The number of phenols is 1. The third kappa shape index (κ3) is 5.28. The number of carboxylic acid groups (broad SMARTS) is 1. The van der Waals surface area contributed by atoms with Crippen LogP contribution in [0.4, 0.5) is 32.0 Å². The second kappa shape index (κ2) is 7.37. The first-order valence-corrected chi connectivity index (χ1v) is 7.46. The van der Waals surface area contributed by atoms with Crippen molar-refractivity contribution in [2.24, 2.45) is 0 Å². The SMILES string of the molecule is O=C(O)c1cc(NCCc2cc(C(F)(F)F)cc(C(F)(F)F)c2)ccc1O.